The van der Waals surface area contributed by atoms with Crippen molar-refractivity contribution in [3.05, 3.63) is 22.4 Å². The Morgan fingerprint density at radius 2 is 2.50 bits per heavy atom. The predicted octanol–water partition coefficient (Wildman–Crippen LogP) is 2.48. The molecule has 2 rings (SSSR count). The summed E-state index contributed by atoms with van der Waals surface area (Å²) in [5.74, 6) is 0.537. The van der Waals surface area contributed by atoms with Gasteiger partial charge < -0.3 is 10.6 Å². The van der Waals surface area contributed by atoms with Crippen LogP contribution in [0, 0.1) is 12.8 Å². The van der Waals surface area contributed by atoms with Crippen LogP contribution in [-0.2, 0) is 4.79 Å². The lowest BCUT2D eigenvalue weighted by atomic mass is 9.96. The van der Waals surface area contributed by atoms with Crippen molar-refractivity contribution in [3.63, 3.8) is 0 Å². The minimum atomic E-state index is 0.0761. The molecule has 1 aliphatic heterocycles. The van der Waals surface area contributed by atoms with Crippen LogP contribution in [0.25, 0.3) is 0 Å². The molecule has 0 radical (unpaired) electrons. The van der Waals surface area contributed by atoms with Crippen molar-refractivity contribution in [2.45, 2.75) is 26.2 Å². The highest BCUT2D eigenvalue weighted by molar-refractivity contribution is 9.10. The number of nitrogens with one attached hydrogen (secondary N) is 2. The number of amides is 1. The number of aromatic nitrogens is 1. The zero-order valence-electron chi connectivity index (χ0n) is 10.5. The monoisotopic (exact) mass is 311 g/mol. The van der Waals surface area contributed by atoms with Gasteiger partial charge >= 0.3 is 0 Å². The Morgan fingerprint density at radius 3 is 3.17 bits per heavy atom. The number of halogens is 1. The van der Waals surface area contributed by atoms with Crippen LogP contribution >= 0.6 is 15.9 Å². The molecule has 1 aromatic rings. The third-order valence-electron chi connectivity index (χ3n) is 3.17. The minimum absolute atomic E-state index is 0.0761. The van der Waals surface area contributed by atoms with Crippen molar-refractivity contribution in [2.24, 2.45) is 5.92 Å². The second kappa shape index (κ2) is 6.29. The quantitative estimate of drug-likeness (QED) is 0.843. The smallest absolute Gasteiger partial charge is 0.224 e. The Hall–Kier alpha value is -0.940. The summed E-state index contributed by atoms with van der Waals surface area (Å²) in [7, 11) is 0. The number of aryl methyl sites for hydroxylation is 1. The fourth-order valence-electron chi connectivity index (χ4n) is 2.20. The molecule has 0 saturated carbocycles. The fraction of sp³-hybridized carbons (Fsp3) is 0.538. The van der Waals surface area contributed by atoms with Gasteiger partial charge in [0.15, 0.2) is 0 Å². The van der Waals surface area contributed by atoms with Gasteiger partial charge in [0.2, 0.25) is 5.91 Å². The summed E-state index contributed by atoms with van der Waals surface area (Å²) in [6.45, 7) is 3.98. The molecule has 0 aliphatic carbocycles. The summed E-state index contributed by atoms with van der Waals surface area (Å²) >= 11 is 3.34. The van der Waals surface area contributed by atoms with Crippen molar-refractivity contribution in [1.82, 2.24) is 10.3 Å². The van der Waals surface area contributed by atoms with E-state index >= 15 is 0 Å². The van der Waals surface area contributed by atoms with Gasteiger partial charge in [0.05, 0.1) is 11.9 Å². The van der Waals surface area contributed by atoms with E-state index in [1.165, 1.54) is 0 Å². The SMILES string of the molecule is Cc1cc(NC(=O)CC2CCCNC2)cnc1Br. The van der Waals surface area contributed by atoms with Gasteiger partial charge in [-0.3, -0.25) is 4.79 Å². The van der Waals surface area contributed by atoms with E-state index in [4.69, 9.17) is 0 Å². The van der Waals surface area contributed by atoms with Crippen LogP contribution in [-0.4, -0.2) is 24.0 Å². The predicted molar refractivity (Wildman–Crippen MR) is 75.5 cm³/mol. The third kappa shape index (κ3) is 3.78. The number of carbonyl (C=O) groups excluding carboxylic acids is 1. The Balaban J connectivity index is 1.88. The number of anilines is 1. The van der Waals surface area contributed by atoms with Gasteiger partial charge in [-0.2, -0.15) is 0 Å². The van der Waals surface area contributed by atoms with Crippen LogP contribution < -0.4 is 10.6 Å². The maximum Gasteiger partial charge on any atom is 0.224 e. The minimum Gasteiger partial charge on any atom is -0.325 e. The highest BCUT2D eigenvalue weighted by Gasteiger charge is 2.16. The molecule has 0 aromatic carbocycles. The van der Waals surface area contributed by atoms with Crippen LogP contribution in [0.1, 0.15) is 24.8 Å². The maximum atomic E-state index is 11.9. The summed E-state index contributed by atoms with van der Waals surface area (Å²) in [6, 6.07) is 1.92. The van der Waals surface area contributed by atoms with E-state index < -0.39 is 0 Å². The molecular weight excluding hydrogens is 294 g/mol. The lowest BCUT2D eigenvalue weighted by Gasteiger charge is -2.22. The van der Waals surface area contributed by atoms with Crippen molar-refractivity contribution < 1.29 is 4.79 Å². The van der Waals surface area contributed by atoms with E-state index in [9.17, 15) is 4.79 Å². The molecule has 1 amide bonds. The molecule has 1 aliphatic rings. The van der Waals surface area contributed by atoms with Gasteiger partial charge in [-0.15, -0.1) is 0 Å². The average molecular weight is 312 g/mol. The topological polar surface area (TPSA) is 54.0 Å². The molecule has 18 heavy (non-hydrogen) atoms. The van der Waals surface area contributed by atoms with Gasteiger partial charge in [0.1, 0.15) is 4.60 Å². The van der Waals surface area contributed by atoms with Crippen LogP contribution in [0.3, 0.4) is 0 Å². The highest BCUT2D eigenvalue weighted by Crippen LogP contribution is 2.18. The third-order valence-corrected chi connectivity index (χ3v) is 4.00. The summed E-state index contributed by atoms with van der Waals surface area (Å²) in [5.41, 5.74) is 1.79. The molecule has 1 unspecified atom stereocenters. The second-order valence-corrected chi connectivity index (χ2v) is 5.55. The molecule has 0 spiro atoms. The first-order valence-corrected chi connectivity index (χ1v) is 7.07. The first kappa shape index (κ1) is 13.5. The average Bonchev–Trinajstić information content (AvgIpc) is 2.35. The lowest BCUT2D eigenvalue weighted by molar-refractivity contribution is -0.117. The van der Waals surface area contributed by atoms with E-state index in [-0.39, 0.29) is 5.91 Å². The molecule has 0 bridgehead atoms. The summed E-state index contributed by atoms with van der Waals surface area (Å²) < 4.78 is 0.817. The van der Waals surface area contributed by atoms with Crippen LogP contribution in [0.2, 0.25) is 0 Å². The second-order valence-electron chi connectivity index (χ2n) is 4.80. The van der Waals surface area contributed by atoms with E-state index in [1.54, 1.807) is 6.20 Å². The van der Waals surface area contributed by atoms with Crippen LogP contribution in [0.5, 0.6) is 0 Å². The zero-order valence-corrected chi connectivity index (χ0v) is 12.1. The molecule has 1 aromatic heterocycles. The van der Waals surface area contributed by atoms with Crippen molar-refractivity contribution in [2.75, 3.05) is 18.4 Å². The van der Waals surface area contributed by atoms with E-state index in [0.717, 1.165) is 41.8 Å². The van der Waals surface area contributed by atoms with Crippen LogP contribution in [0.15, 0.2) is 16.9 Å². The fourth-order valence-corrected chi connectivity index (χ4v) is 2.42. The molecule has 2 heterocycles. The largest absolute Gasteiger partial charge is 0.325 e. The standard InChI is InChI=1S/C13H18BrN3O/c1-9-5-11(8-16-13(9)14)17-12(18)6-10-3-2-4-15-7-10/h5,8,10,15H,2-4,6-7H2,1H3,(H,17,18). The summed E-state index contributed by atoms with van der Waals surface area (Å²) in [5, 5.41) is 6.23. The lowest BCUT2D eigenvalue weighted by Crippen LogP contribution is -2.32. The molecular formula is C13H18BrN3O. The first-order chi connectivity index (χ1) is 8.65. The number of pyridine rings is 1. The number of rotatable bonds is 3. The van der Waals surface area contributed by atoms with Gasteiger partial charge in [-0.25, -0.2) is 4.98 Å². The van der Waals surface area contributed by atoms with Gasteiger partial charge in [0.25, 0.3) is 0 Å². The Kier molecular flexibility index (Phi) is 4.72. The summed E-state index contributed by atoms with van der Waals surface area (Å²) in [4.78, 5) is 16.1. The number of piperidine rings is 1. The number of hydrogen-bond donors (Lipinski definition) is 2. The Bertz CT molecular complexity index is 430. The molecule has 2 N–H and O–H groups in total. The molecule has 1 saturated heterocycles. The number of nitrogens with zero attached hydrogens (tertiary/aromatic N) is 1. The van der Waals surface area contributed by atoms with Crippen molar-refractivity contribution in [1.29, 1.82) is 0 Å². The maximum absolute atomic E-state index is 11.9. The first-order valence-electron chi connectivity index (χ1n) is 6.28. The van der Waals surface area contributed by atoms with Crippen LogP contribution in [0.4, 0.5) is 5.69 Å². The Labute approximate surface area is 116 Å². The van der Waals surface area contributed by atoms with E-state index in [0.29, 0.717) is 12.3 Å². The van der Waals surface area contributed by atoms with Crippen molar-refractivity contribution in [3.8, 4) is 0 Å². The zero-order chi connectivity index (χ0) is 13.0. The highest BCUT2D eigenvalue weighted by atomic mass is 79.9. The molecule has 4 nitrogen and oxygen atoms in total. The van der Waals surface area contributed by atoms with E-state index in [1.807, 2.05) is 13.0 Å². The number of hydrogen-bond acceptors (Lipinski definition) is 3. The molecule has 1 atom stereocenters. The molecule has 98 valence electrons. The molecule has 1 fully saturated rings. The van der Waals surface area contributed by atoms with Crippen molar-refractivity contribution >= 4 is 27.5 Å². The van der Waals surface area contributed by atoms with Gasteiger partial charge in [-0.05, 0) is 66.3 Å². The normalized spacial score (nSPS) is 19.6. The summed E-state index contributed by atoms with van der Waals surface area (Å²) in [6.07, 6.45) is 4.56. The Morgan fingerprint density at radius 1 is 1.67 bits per heavy atom. The van der Waals surface area contributed by atoms with Gasteiger partial charge in [0, 0.05) is 6.42 Å². The van der Waals surface area contributed by atoms with Gasteiger partial charge in [-0.1, -0.05) is 0 Å². The van der Waals surface area contributed by atoms with E-state index in [2.05, 4.69) is 31.5 Å². The molecule has 5 heteroatoms. The number of carbonyl (C=O) groups is 1.